The largest absolute Gasteiger partial charge is 0.389 e. The standard InChI is InChI=1S/C9H9F4NO2/c10-3-1-4(11)8(13)6(7(3)12)9(16)5(15)2-14/h1,5,9,15-16H,2,14H2. The zero-order chi connectivity index (χ0) is 12.5. The third-order valence-corrected chi connectivity index (χ3v) is 2.05. The van der Waals surface area contributed by atoms with Gasteiger partial charge in [-0.3, -0.25) is 0 Å². The minimum absolute atomic E-state index is 0.00964. The maximum atomic E-state index is 13.1. The highest BCUT2D eigenvalue weighted by Gasteiger charge is 2.28. The van der Waals surface area contributed by atoms with Crippen molar-refractivity contribution < 1.29 is 27.8 Å². The summed E-state index contributed by atoms with van der Waals surface area (Å²) in [6.45, 7) is -0.516. The summed E-state index contributed by atoms with van der Waals surface area (Å²) in [5.74, 6) is -6.81. The van der Waals surface area contributed by atoms with Crippen molar-refractivity contribution in [3.8, 4) is 0 Å². The first-order valence-electron chi connectivity index (χ1n) is 4.29. The second kappa shape index (κ2) is 4.77. The molecule has 1 aromatic rings. The van der Waals surface area contributed by atoms with Gasteiger partial charge in [0.05, 0.1) is 11.7 Å². The molecule has 0 amide bonds. The Kier molecular flexibility index (Phi) is 3.84. The first kappa shape index (κ1) is 12.9. The normalized spacial score (nSPS) is 14.9. The molecule has 1 aromatic carbocycles. The highest BCUT2D eigenvalue weighted by atomic mass is 19.2. The van der Waals surface area contributed by atoms with Gasteiger partial charge in [0.1, 0.15) is 6.10 Å². The first-order chi connectivity index (χ1) is 7.40. The minimum Gasteiger partial charge on any atom is -0.389 e. The van der Waals surface area contributed by atoms with Gasteiger partial charge in [0.15, 0.2) is 23.3 Å². The Balaban J connectivity index is 3.31. The molecule has 0 heterocycles. The molecule has 7 heteroatoms. The SMILES string of the molecule is NCC(O)C(O)c1c(F)c(F)cc(F)c1F. The third-order valence-electron chi connectivity index (χ3n) is 2.05. The van der Waals surface area contributed by atoms with Crippen molar-refractivity contribution in [3.63, 3.8) is 0 Å². The average Bonchev–Trinajstić information content (AvgIpc) is 2.25. The second-order valence-electron chi connectivity index (χ2n) is 3.13. The highest BCUT2D eigenvalue weighted by Crippen LogP contribution is 2.26. The van der Waals surface area contributed by atoms with Crippen molar-refractivity contribution in [3.05, 3.63) is 34.9 Å². The number of aliphatic hydroxyl groups is 2. The summed E-state index contributed by atoms with van der Waals surface area (Å²) >= 11 is 0. The van der Waals surface area contributed by atoms with Crippen LogP contribution in [0, 0.1) is 23.3 Å². The lowest BCUT2D eigenvalue weighted by molar-refractivity contribution is 0.0190. The van der Waals surface area contributed by atoms with E-state index < -0.39 is 47.6 Å². The van der Waals surface area contributed by atoms with E-state index in [0.717, 1.165) is 0 Å². The lowest BCUT2D eigenvalue weighted by Crippen LogP contribution is -2.29. The average molecular weight is 239 g/mol. The first-order valence-corrected chi connectivity index (χ1v) is 4.29. The molecule has 0 aliphatic rings. The maximum Gasteiger partial charge on any atom is 0.167 e. The summed E-state index contributed by atoms with van der Waals surface area (Å²) in [6.07, 6.45) is -3.85. The van der Waals surface area contributed by atoms with E-state index in [4.69, 9.17) is 10.8 Å². The van der Waals surface area contributed by atoms with Crippen LogP contribution in [0.15, 0.2) is 6.07 Å². The maximum absolute atomic E-state index is 13.1. The van der Waals surface area contributed by atoms with Crippen LogP contribution < -0.4 is 5.73 Å². The smallest absolute Gasteiger partial charge is 0.167 e. The Morgan fingerprint density at radius 2 is 1.50 bits per heavy atom. The van der Waals surface area contributed by atoms with E-state index in [1.54, 1.807) is 0 Å². The van der Waals surface area contributed by atoms with Crippen molar-refractivity contribution in [2.75, 3.05) is 6.54 Å². The fourth-order valence-corrected chi connectivity index (χ4v) is 1.17. The number of hydrogen-bond donors (Lipinski definition) is 3. The summed E-state index contributed by atoms with van der Waals surface area (Å²) in [5, 5.41) is 18.3. The van der Waals surface area contributed by atoms with Crippen LogP contribution in [-0.4, -0.2) is 22.9 Å². The molecule has 0 fully saturated rings. The van der Waals surface area contributed by atoms with E-state index in [1.165, 1.54) is 0 Å². The topological polar surface area (TPSA) is 66.5 Å². The van der Waals surface area contributed by atoms with Crippen LogP contribution in [0.3, 0.4) is 0 Å². The van der Waals surface area contributed by atoms with E-state index in [2.05, 4.69) is 0 Å². The van der Waals surface area contributed by atoms with Gasteiger partial charge < -0.3 is 15.9 Å². The summed E-state index contributed by atoms with van der Waals surface area (Å²) in [4.78, 5) is 0. The lowest BCUT2D eigenvalue weighted by Gasteiger charge is -2.18. The van der Waals surface area contributed by atoms with Gasteiger partial charge in [0.25, 0.3) is 0 Å². The van der Waals surface area contributed by atoms with Gasteiger partial charge in [0.2, 0.25) is 0 Å². The van der Waals surface area contributed by atoms with Crippen LogP contribution in [0.5, 0.6) is 0 Å². The molecule has 16 heavy (non-hydrogen) atoms. The molecule has 0 aromatic heterocycles. The van der Waals surface area contributed by atoms with Crippen molar-refractivity contribution in [2.24, 2.45) is 5.73 Å². The third kappa shape index (κ3) is 2.16. The molecule has 0 saturated heterocycles. The van der Waals surface area contributed by atoms with E-state index in [9.17, 15) is 22.7 Å². The number of nitrogens with two attached hydrogens (primary N) is 1. The summed E-state index contributed by atoms with van der Waals surface area (Å²) in [5.41, 5.74) is 3.68. The molecule has 0 aliphatic heterocycles. The van der Waals surface area contributed by atoms with Crippen LogP contribution in [0.4, 0.5) is 17.6 Å². The second-order valence-corrected chi connectivity index (χ2v) is 3.13. The molecule has 0 spiro atoms. The fourth-order valence-electron chi connectivity index (χ4n) is 1.17. The Morgan fingerprint density at radius 3 is 1.88 bits per heavy atom. The Labute approximate surface area is 88.1 Å². The van der Waals surface area contributed by atoms with Crippen LogP contribution in [0.1, 0.15) is 11.7 Å². The molecule has 3 nitrogen and oxygen atoms in total. The number of hydrogen-bond acceptors (Lipinski definition) is 3. The van der Waals surface area contributed by atoms with E-state index in [1.807, 2.05) is 0 Å². The molecular formula is C9H9F4NO2. The Morgan fingerprint density at radius 1 is 1.06 bits per heavy atom. The van der Waals surface area contributed by atoms with Gasteiger partial charge >= 0.3 is 0 Å². The molecule has 90 valence electrons. The van der Waals surface area contributed by atoms with Crippen LogP contribution >= 0.6 is 0 Å². The highest BCUT2D eigenvalue weighted by molar-refractivity contribution is 5.25. The van der Waals surface area contributed by atoms with Gasteiger partial charge in [0, 0.05) is 12.6 Å². The lowest BCUT2D eigenvalue weighted by atomic mass is 10.0. The fraction of sp³-hybridized carbons (Fsp3) is 0.333. The number of halogens is 4. The quantitative estimate of drug-likeness (QED) is 0.534. The molecule has 1 rings (SSSR count). The summed E-state index contributed by atoms with van der Waals surface area (Å²) in [6, 6.07) is 0.00964. The van der Waals surface area contributed by atoms with Gasteiger partial charge in [-0.2, -0.15) is 0 Å². The van der Waals surface area contributed by atoms with Crippen LogP contribution in [-0.2, 0) is 0 Å². The van der Waals surface area contributed by atoms with Gasteiger partial charge in [-0.25, -0.2) is 17.6 Å². The van der Waals surface area contributed by atoms with Crippen molar-refractivity contribution in [1.82, 2.24) is 0 Å². The summed E-state index contributed by atoms with van der Waals surface area (Å²) < 4.78 is 51.7. The number of benzene rings is 1. The molecular weight excluding hydrogens is 230 g/mol. The number of aliphatic hydroxyl groups excluding tert-OH is 2. The molecule has 2 unspecified atom stereocenters. The predicted molar refractivity (Wildman–Crippen MR) is 46.3 cm³/mol. The van der Waals surface area contributed by atoms with Crippen molar-refractivity contribution >= 4 is 0 Å². The van der Waals surface area contributed by atoms with E-state index in [0.29, 0.717) is 0 Å². The van der Waals surface area contributed by atoms with Crippen LogP contribution in [0.25, 0.3) is 0 Å². The predicted octanol–water partition coefficient (Wildman–Crippen LogP) is 0.596. The number of rotatable bonds is 3. The van der Waals surface area contributed by atoms with E-state index >= 15 is 0 Å². The van der Waals surface area contributed by atoms with Gasteiger partial charge in [-0.1, -0.05) is 0 Å². The zero-order valence-electron chi connectivity index (χ0n) is 7.92. The van der Waals surface area contributed by atoms with Crippen molar-refractivity contribution in [1.29, 1.82) is 0 Å². The van der Waals surface area contributed by atoms with Crippen molar-refractivity contribution in [2.45, 2.75) is 12.2 Å². The molecule has 0 radical (unpaired) electrons. The summed E-state index contributed by atoms with van der Waals surface area (Å²) in [7, 11) is 0. The Hall–Kier alpha value is -1.18. The van der Waals surface area contributed by atoms with Gasteiger partial charge in [-0.05, 0) is 0 Å². The van der Waals surface area contributed by atoms with Gasteiger partial charge in [-0.15, -0.1) is 0 Å². The monoisotopic (exact) mass is 239 g/mol. The minimum atomic E-state index is -2.13. The molecule has 0 bridgehead atoms. The molecule has 0 saturated carbocycles. The molecule has 2 atom stereocenters. The Bertz CT molecular complexity index is 373. The molecule has 4 N–H and O–H groups in total. The van der Waals surface area contributed by atoms with Crippen LogP contribution in [0.2, 0.25) is 0 Å². The zero-order valence-corrected chi connectivity index (χ0v) is 7.92. The van der Waals surface area contributed by atoms with E-state index in [-0.39, 0.29) is 6.07 Å². The molecule has 0 aliphatic carbocycles.